The molecule has 0 spiro atoms. The molecule has 1 atom stereocenters. The predicted octanol–water partition coefficient (Wildman–Crippen LogP) is 1.55. The minimum atomic E-state index is -4.80. The highest BCUT2D eigenvalue weighted by molar-refractivity contribution is 6.01. The molecule has 132 valence electrons. The number of nitrogens with zero attached hydrogens (tertiary/aromatic N) is 1. The third-order valence-electron chi connectivity index (χ3n) is 3.51. The van der Waals surface area contributed by atoms with E-state index in [1.165, 1.54) is 17.0 Å². The molecule has 1 saturated heterocycles. The third-order valence-corrected chi connectivity index (χ3v) is 3.51. The molecule has 1 heterocycles. The van der Waals surface area contributed by atoms with Gasteiger partial charge < -0.3 is 20.7 Å². The van der Waals surface area contributed by atoms with Crippen molar-refractivity contribution in [1.29, 1.82) is 0 Å². The summed E-state index contributed by atoms with van der Waals surface area (Å²) in [6.07, 6.45) is -3.66. The summed E-state index contributed by atoms with van der Waals surface area (Å²) in [7, 11) is 0. The number of hydrogen-bond donors (Lipinski definition) is 2. The van der Waals surface area contributed by atoms with Gasteiger partial charge in [-0.15, -0.1) is 13.2 Å². The molecule has 2 amide bonds. The first-order valence-electron chi connectivity index (χ1n) is 7.47. The maximum atomic E-state index is 12.3. The molecule has 24 heavy (non-hydrogen) atoms. The second-order valence-corrected chi connectivity index (χ2v) is 5.34. The minimum absolute atomic E-state index is 0.231. The lowest BCUT2D eigenvalue weighted by atomic mass is 10.2. The number of carbonyl (C=O) groups excluding carboxylic acids is 2. The largest absolute Gasteiger partial charge is 0.573 e. The summed E-state index contributed by atoms with van der Waals surface area (Å²) in [4.78, 5) is 25.3. The number of halogens is 3. The van der Waals surface area contributed by atoms with Crippen LogP contribution in [0.2, 0.25) is 0 Å². The van der Waals surface area contributed by atoms with E-state index in [1.54, 1.807) is 0 Å². The van der Waals surface area contributed by atoms with Crippen LogP contribution in [-0.2, 0) is 9.59 Å². The van der Waals surface area contributed by atoms with Crippen molar-refractivity contribution in [2.24, 2.45) is 5.73 Å². The van der Waals surface area contributed by atoms with Gasteiger partial charge in [0.05, 0.1) is 0 Å². The number of benzene rings is 1. The average Bonchev–Trinajstić information content (AvgIpc) is 2.85. The van der Waals surface area contributed by atoms with Gasteiger partial charge in [-0.25, -0.2) is 0 Å². The molecule has 1 aliphatic heterocycles. The number of nitrogens with one attached hydrogen (secondary N) is 1. The van der Waals surface area contributed by atoms with E-state index >= 15 is 0 Å². The van der Waals surface area contributed by atoms with Crippen molar-refractivity contribution in [2.45, 2.75) is 31.7 Å². The number of nitrogens with two attached hydrogens (primary N) is 1. The summed E-state index contributed by atoms with van der Waals surface area (Å²) in [6.45, 7) is 0.681. The van der Waals surface area contributed by atoms with Crippen molar-refractivity contribution in [1.82, 2.24) is 5.32 Å². The zero-order valence-corrected chi connectivity index (χ0v) is 12.8. The average molecular weight is 345 g/mol. The zero-order chi connectivity index (χ0) is 17.7. The van der Waals surface area contributed by atoms with Crippen LogP contribution in [-0.4, -0.2) is 37.3 Å². The fourth-order valence-electron chi connectivity index (χ4n) is 2.45. The Balaban J connectivity index is 2.02. The Kier molecular flexibility index (Phi) is 5.66. The van der Waals surface area contributed by atoms with Gasteiger partial charge in [0, 0.05) is 24.7 Å². The molecule has 0 radical (unpaired) electrons. The first-order valence-corrected chi connectivity index (χ1v) is 7.47. The van der Waals surface area contributed by atoms with Gasteiger partial charge in [0.1, 0.15) is 11.8 Å². The first-order chi connectivity index (χ1) is 11.3. The Morgan fingerprint density at radius 3 is 2.83 bits per heavy atom. The summed E-state index contributed by atoms with van der Waals surface area (Å²) >= 11 is 0. The van der Waals surface area contributed by atoms with Gasteiger partial charge in [-0.3, -0.25) is 9.59 Å². The van der Waals surface area contributed by atoms with E-state index in [4.69, 9.17) is 5.73 Å². The normalized spacial score (nSPS) is 17.9. The van der Waals surface area contributed by atoms with E-state index in [0.29, 0.717) is 31.6 Å². The van der Waals surface area contributed by atoms with E-state index < -0.39 is 18.2 Å². The quantitative estimate of drug-likeness (QED) is 0.819. The number of alkyl halides is 3. The highest BCUT2D eigenvalue weighted by Crippen LogP contribution is 2.29. The van der Waals surface area contributed by atoms with Crippen LogP contribution in [0.3, 0.4) is 0 Å². The van der Waals surface area contributed by atoms with E-state index in [2.05, 4.69) is 10.1 Å². The van der Waals surface area contributed by atoms with Crippen LogP contribution >= 0.6 is 0 Å². The van der Waals surface area contributed by atoms with Gasteiger partial charge in [-0.1, -0.05) is 6.07 Å². The van der Waals surface area contributed by atoms with Gasteiger partial charge in [0.15, 0.2) is 0 Å². The minimum Gasteiger partial charge on any atom is -0.406 e. The number of amides is 2. The number of carbonyl (C=O) groups is 2. The second-order valence-electron chi connectivity index (χ2n) is 5.34. The summed E-state index contributed by atoms with van der Waals surface area (Å²) in [5, 5.41) is 2.62. The molecule has 1 unspecified atom stereocenters. The summed E-state index contributed by atoms with van der Waals surface area (Å²) in [5.74, 6) is -1.03. The van der Waals surface area contributed by atoms with E-state index in [-0.39, 0.29) is 18.2 Å². The zero-order valence-electron chi connectivity index (χ0n) is 12.8. The Labute approximate surface area is 136 Å². The highest BCUT2D eigenvalue weighted by atomic mass is 19.4. The number of anilines is 1. The smallest absolute Gasteiger partial charge is 0.406 e. The molecule has 1 aromatic carbocycles. The lowest BCUT2D eigenvalue weighted by Gasteiger charge is -2.18. The molecule has 3 N–H and O–H groups in total. The SMILES string of the molecule is NCCCC(=O)NC1CCN(c2cccc(OC(F)(F)F)c2)C1=O. The van der Waals surface area contributed by atoms with Crippen molar-refractivity contribution < 1.29 is 27.5 Å². The van der Waals surface area contributed by atoms with Crippen LogP contribution in [0.15, 0.2) is 24.3 Å². The van der Waals surface area contributed by atoms with Crippen LogP contribution in [0.4, 0.5) is 18.9 Å². The molecule has 0 aliphatic carbocycles. The second kappa shape index (κ2) is 7.52. The molecule has 1 fully saturated rings. The standard InChI is InChI=1S/C15H18F3N3O3/c16-15(17,18)24-11-4-1-3-10(9-11)21-8-6-12(14(21)23)20-13(22)5-2-7-19/h1,3-4,9,12H,2,5-8,19H2,(H,20,22). The van der Waals surface area contributed by atoms with Crippen molar-refractivity contribution in [3.63, 3.8) is 0 Å². The molecule has 2 rings (SSSR count). The molecule has 0 saturated carbocycles. The van der Waals surface area contributed by atoms with Gasteiger partial charge in [-0.2, -0.15) is 0 Å². The molecule has 9 heteroatoms. The molecule has 0 aromatic heterocycles. The summed E-state index contributed by atoms with van der Waals surface area (Å²) in [5.41, 5.74) is 5.61. The van der Waals surface area contributed by atoms with Gasteiger partial charge in [0.25, 0.3) is 0 Å². The van der Waals surface area contributed by atoms with E-state index in [9.17, 15) is 22.8 Å². The third kappa shape index (κ3) is 4.85. The number of hydrogen-bond acceptors (Lipinski definition) is 4. The predicted molar refractivity (Wildman–Crippen MR) is 80.3 cm³/mol. The number of ether oxygens (including phenoxy) is 1. The maximum Gasteiger partial charge on any atom is 0.573 e. The maximum absolute atomic E-state index is 12.3. The van der Waals surface area contributed by atoms with Gasteiger partial charge in [-0.05, 0) is 31.5 Å². The van der Waals surface area contributed by atoms with E-state index in [1.807, 2.05) is 0 Å². The fraction of sp³-hybridized carbons (Fsp3) is 0.467. The molecule has 0 bridgehead atoms. The van der Waals surface area contributed by atoms with Crippen molar-refractivity contribution in [2.75, 3.05) is 18.0 Å². The molecule has 1 aromatic rings. The number of rotatable bonds is 6. The Morgan fingerprint density at radius 2 is 2.17 bits per heavy atom. The summed E-state index contributed by atoms with van der Waals surface area (Å²) in [6, 6.07) is 4.51. The van der Waals surface area contributed by atoms with Gasteiger partial charge >= 0.3 is 6.36 Å². The fourth-order valence-corrected chi connectivity index (χ4v) is 2.45. The lowest BCUT2D eigenvalue weighted by Crippen LogP contribution is -2.41. The first kappa shape index (κ1) is 18.1. The van der Waals surface area contributed by atoms with Crippen LogP contribution in [0, 0.1) is 0 Å². The topological polar surface area (TPSA) is 84.7 Å². The molecule has 6 nitrogen and oxygen atoms in total. The van der Waals surface area contributed by atoms with Crippen molar-refractivity contribution in [3.05, 3.63) is 24.3 Å². The monoisotopic (exact) mass is 345 g/mol. The van der Waals surface area contributed by atoms with Crippen molar-refractivity contribution >= 4 is 17.5 Å². The molecular formula is C15H18F3N3O3. The Hall–Kier alpha value is -2.29. The van der Waals surface area contributed by atoms with Crippen LogP contribution in [0.25, 0.3) is 0 Å². The lowest BCUT2D eigenvalue weighted by molar-refractivity contribution is -0.274. The van der Waals surface area contributed by atoms with Crippen LogP contribution in [0.5, 0.6) is 5.75 Å². The molecular weight excluding hydrogens is 327 g/mol. The Morgan fingerprint density at radius 1 is 1.42 bits per heavy atom. The van der Waals surface area contributed by atoms with Crippen LogP contribution < -0.4 is 20.7 Å². The van der Waals surface area contributed by atoms with E-state index in [0.717, 1.165) is 12.1 Å². The van der Waals surface area contributed by atoms with Crippen molar-refractivity contribution in [3.8, 4) is 5.75 Å². The van der Waals surface area contributed by atoms with Gasteiger partial charge in [0.2, 0.25) is 11.8 Å². The summed E-state index contributed by atoms with van der Waals surface area (Å²) < 4.78 is 40.7. The Bertz CT molecular complexity index is 607. The molecule has 1 aliphatic rings. The van der Waals surface area contributed by atoms with Crippen LogP contribution in [0.1, 0.15) is 19.3 Å². The highest BCUT2D eigenvalue weighted by Gasteiger charge is 2.34.